The molecule has 4 rings (SSSR count). The normalized spacial score (nSPS) is 23.0. The summed E-state index contributed by atoms with van der Waals surface area (Å²) in [4.78, 5) is 16.7. The number of hydrogen-bond acceptors (Lipinski definition) is 5. The van der Waals surface area contributed by atoms with Crippen LogP contribution in [0.5, 0.6) is 5.75 Å². The lowest BCUT2D eigenvalue weighted by molar-refractivity contribution is 0.0525. The molecule has 2 heterocycles. The molecule has 1 aliphatic carbocycles. The number of carbonyl (C=O) groups is 1. The summed E-state index contributed by atoms with van der Waals surface area (Å²) in [5, 5.41) is 0.0942. The van der Waals surface area contributed by atoms with E-state index < -0.39 is 17.3 Å². The van der Waals surface area contributed by atoms with Gasteiger partial charge in [0, 0.05) is 21.3 Å². The highest BCUT2D eigenvalue weighted by molar-refractivity contribution is 9.10. The van der Waals surface area contributed by atoms with Crippen LogP contribution in [0.1, 0.15) is 28.0 Å². The van der Waals surface area contributed by atoms with E-state index in [1.165, 1.54) is 0 Å². The fourth-order valence-corrected chi connectivity index (χ4v) is 4.49. The van der Waals surface area contributed by atoms with Gasteiger partial charge in [0.25, 0.3) is 5.92 Å². The quantitative estimate of drug-likeness (QED) is 0.681. The lowest BCUT2D eigenvalue weighted by Gasteiger charge is -2.13. The van der Waals surface area contributed by atoms with Crippen LogP contribution in [-0.2, 0) is 10.2 Å². The summed E-state index contributed by atoms with van der Waals surface area (Å²) in [5.41, 5.74) is -0.421. The number of benzene rings is 1. The van der Waals surface area contributed by atoms with E-state index in [1.807, 2.05) is 0 Å². The average Bonchev–Trinajstić information content (AvgIpc) is 2.92. The molecule has 1 aromatic heterocycles. The molecule has 1 aliphatic heterocycles. The Bertz CT molecular complexity index is 854. The molecule has 2 aromatic rings. The van der Waals surface area contributed by atoms with Gasteiger partial charge in [0.2, 0.25) is 5.01 Å². The smallest absolute Gasteiger partial charge is 0.367 e. The molecule has 24 heavy (non-hydrogen) atoms. The molecular weight excluding hydrogens is 404 g/mol. The monoisotopic (exact) mass is 415 g/mol. The van der Waals surface area contributed by atoms with Crippen LogP contribution in [0.2, 0.25) is 0 Å². The van der Waals surface area contributed by atoms with E-state index in [0.29, 0.717) is 21.9 Å². The molecule has 0 amide bonds. The van der Waals surface area contributed by atoms with Crippen molar-refractivity contribution in [3.63, 3.8) is 0 Å². The molecule has 0 N–H and O–H groups in total. The highest BCUT2D eigenvalue weighted by Crippen LogP contribution is 2.65. The first-order chi connectivity index (χ1) is 11.4. The van der Waals surface area contributed by atoms with Crippen molar-refractivity contribution >= 4 is 33.2 Å². The Morgan fingerprint density at radius 3 is 2.92 bits per heavy atom. The Morgan fingerprint density at radius 1 is 1.50 bits per heavy atom. The third-order valence-electron chi connectivity index (χ3n) is 4.28. The van der Waals surface area contributed by atoms with E-state index >= 15 is 0 Å². The van der Waals surface area contributed by atoms with Crippen molar-refractivity contribution in [1.82, 2.24) is 4.98 Å². The summed E-state index contributed by atoms with van der Waals surface area (Å²) < 4.78 is 39.7. The van der Waals surface area contributed by atoms with Gasteiger partial charge >= 0.3 is 5.97 Å². The third-order valence-corrected chi connectivity index (χ3v) is 6.01. The Hall–Kier alpha value is -1.54. The van der Waals surface area contributed by atoms with Crippen molar-refractivity contribution in [3.8, 4) is 17.0 Å². The number of hydrogen-bond donors (Lipinski definition) is 0. The van der Waals surface area contributed by atoms with Gasteiger partial charge in [-0.25, -0.2) is 18.6 Å². The van der Waals surface area contributed by atoms with Crippen LogP contribution in [0.25, 0.3) is 11.3 Å². The molecule has 1 unspecified atom stereocenters. The topological polar surface area (TPSA) is 48.4 Å². The van der Waals surface area contributed by atoms with Gasteiger partial charge in [-0.2, -0.15) is 0 Å². The molecule has 1 spiro atoms. The number of fused-ring (bicyclic) bond motifs is 4. The third kappa shape index (κ3) is 2.19. The van der Waals surface area contributed by atoms with E-state index in [4.69, 9.17) is 9.47 Å². The number of halogens is 3. The fraction of sp³-hybridized carbons (Fsp3) is 0.375. The first-order valence-corrected chi connectivity index (χ1v) is 8.98. The number of carbonyl (C=O) groups excluding carboxylic acids is 1. The number of ether oxygens (including phenoxy) is 2. The maximum Gasteiger partial charge on any atom is 0.367 e. The maximum absolute atomic E-state index is 14.2. The zero-order chi connectivity index (χ0) is 17.1. The van der Waals surface area contributed by atoms with Crippen molar-refractivity contribution < 1.29 is 23.0 Å². The van der Waals surface area contributed by atoms with E-state index in [2.05, 4.69) is 20.9 Å². The van der Waals surface area contributed by atoms with Crippen molar-refractivity contribution in [2.45, 2.75) is 24.7 Å². The first kappa shape index (κ1) is 16.0. The Kier molecular flexibility index (Phi) is 3.47. The minimum atomic E-state index is -2.86. The minimum absolute atomic E-state index is 0.0942. The summed E-state index contributed by atoms with van der Waals surface area (Å²) in [6, 6.07) is 5.26. The second kappa shape index (κ2) is 5.23. The van der Waals surface area contributed by atoms with E-state index in [1.54, 1.807) is 25.1 Å². The largest absolute Gasteiger partial charge is 0.492 e. The number of nitrogens with zero attached hydrogens (tertiary/aromatic N) is 1. The van der Waals surface area contributed by atoms with Crippen molar-refractivity contribution in [1.29, 1.82) is 0 Å². The molecule has 0 saturated heterocycles. The number of aromatic nitrogens is 1. The molecule has 1 aromatic carbocycles. The molecule has 0 bridgehead atoms. The second-order valence-corrected chi connectivity index (χ2v) is 7.72. The number of rotatable bonds is 2. The van der Waals surface area contributed by atoms with Crippen LogP contribution in [0.4, 0.5) is 8.78 Å². The van der Waals surface area contributed by atoms with Gasteiger partial charge in [0.05, 0.1) is 12.3 Å². The van der Waals surface area contributed by atoms with Crippen molar-refractivity contribution in [3.05, 3.63) is 32.6 Å². The molecule has 1 atom stereocenters. The highest BCUT2D eigenvalue weighted by atomic mass is 79.9. The summed E-state index contributed by atoms with van der Waals surface area (Å²) in [6.45, 7) is 1.76. The molecule has 8 heteroatoms. The maximum atomic E-state index is 14.2. The van der Waals surface area contributed by atoms with Crippen LogP contribution < -0.4 is 4.74 Å². The molecule has 2 aliphatic rings. The predicted molar refractivity (Wildman–Crippen MR) is 87.9 cm³/mol. The number of esters is 1. The zero-order valence-electron chi connectivity index (χ0n) is 12.6. The van der Waals surface area contributed by atoms with Gasteiger partial charge in [-0.15, -0.1) is 11.3 Å². The van der Waals surface area contributed by atoms with Crippen LogP contribution in [0, 0.1) is 0 Å². The average molecular weight is 416 g/mol. The van der Waals surface area contributed by atoms with Gasteiger partial charge in [-0.05, 0) is 25.1 Å². The van der Waals surface area contributed by atoms with Crippen LogP contribution >= 0.6 is 27.3 Å². The molecule has 4 nitrogen and oxygen atoms in total. The lowest BCUT2D eigenvalue weighted by atomic mass is 10.0. The molecule has 1 saturated carbocycles. The highest BCUT2D eigenvalue weighted by Gasteiger charge is 2.74. The van der Waals surface area contributed by atoms with Crippen LogP contribution in [0.3, 0.4) is 0 Å². The van der Waals surface area contributed by atoms with Crippen molar-refractivity contribution in [2.24, 2.45) is 0 Å². The Labute approximate surface area is 148 Å². The predicted octanol–water partition coefficient (Wildman–Crippen LogP) is 4.42. The first-order valence-electron chi connectivity index (χ1n) is 7.37. The molecule has 126 valence electrons. The van der Waals surface area contributed by atoms with E-state index in [-0.39, 0.29) is 24.6 Å². The summed E-state index contributed by atoms with van der Waals surface area (Å²) in [6.07, 6.45) is -0.299. The Morgan fingerprint density at radius 2 is 2.25 bits per heavy atom. The standard InChI is InChI=1S/C16H12BrF2NO3S/c1-2-22-14(21)13-20-11-9-5-8(17)3-4-10(9)23-7-15(12(11)24-13)6-16(15,18)19/h3-5H,2,6-7H2,1H3. The fourth-order valence-electron chi connectivity index (χ4n) is 2.92. The van der Waals surface area contributed by atoms with E-state index in [9.17, 15) is 13.6 Å². The van der Waals surface area contributed by atoms with Crippen LogP contribution in [-0.4, -0.2) is 30.1 Å². The lowest BCUT2D eigenvalue weighted by Crippen LogP contribution is -2.23. The number of thiazole rings is 1. The minimum Gasteiger partial charge on any atom is -0.492 e. The van der Waals surface area contributed by atoms with E-state index in [0.717, 1.165) is 15.8 Å². The molecular formula is C16H12BrF2NO3S. The van der Waals surface area contributed by atoms with Crippen molar-refractivity contribution in [2.75, 3.05) is 13.2 Å². The van der Waals surface area contributed by atoms with Crippen LogP contribution in [0.15, 0.2) is 22.7 Å². The zero-order valence-corrected chi connectivity index (χ0v) is 15.0. The number of alkyl halides is 2. The van der Waals surface area contributed by atoms with Gasteiger partial charge in [-0.3, -0.25) is 0 Å². The SMILES string of the molecule is CCOC(=O)c1nc2c(s1)C1(COc3ccc(Br)cc3-2)CC1(F)F. The summed E-state index contributed by atoms with van der Waals surface area (Å²) >= 11 is 4.35. The van der Waals surface area contributed by atoms with Gasteiger partial charge in [0.15, 0.2) is 0 Å². The van der Waals surface area contributed by atoms with Gasteiger partial charge in [-0.1, -0.05) is 15.9 Å². The van der Waals surface area contributed by atoms with Gasteiger partial charge < -0.3 is 9.47 Å². The second-order valence-electron chi connectivity index (χ2n) is 5.81. The Balaban J connectivity index is 1.92. The van der Waals surface area contributed by atoms with Gasteiger partial charge in [0.1, 0.15) is 17.8 Å². The molecule has 0 radical (unpaired) electrons. The summed E-state index contributed by atoms with van der Waals surface area (Å²) in [7, 11) is 0. The summed E-state index contributed by atoms with van der Waals surface area (Å²) in [5.74, 6) is -2.97. The molecule has 1 fully saturated rings.